The number of aryl methyl sites for hydroxylation is 1. The fourth-order valence-electron chi connectivity index (χ4n) is 3.21. The summed E-state index contributed by atoms with van der Waals surface area (Å²) in [6.45, 7) is 1.21. The maximum atomic E-state index is 12.5. The molecule has 2 heterocycles. The van der Waals surface area contributed by atoms with Crippen LogP contribution in [0.2, 0.25) is 0 Å². The normalized spacial score (nSPS) is 26.5. The highest BCUT2D eigenvalue weighted by Gasteiger charge is 2.36. The minimum absolute atomic E-state index is 0.0409. The second-order valence-corrected chi connectivity index (χ2v) is 5.88. The Hall–Kier alpha value is -1.89. The van der Waals surface area contributed by atoms with Gasteiger partial charge in [-0.1, -0.05) is 6.42 Å². The van der Waals surface area contributed by atoms with E-state index in [0.29, 0.717) is 13.1 Å². The maximum absolute atomic E-state index is 12.5. The second-order valence-electron chi connectivity index (χ2n) is 5.88. The van der Waals surface area contributed by atoms with Crippen LogP contribution in [-0.4, -0.2) is 52.2 Å². The average molecular weight is 291 g/mol. The number of hydrogen-bond acceptors (Lipinski definition) is 4. The van der Waals surface area contributed by atoms with E-state index >= 15 is 0 Å². The first-order valence-corrected chi connectivity index (χ1v) is 7.39. The van der Waals surface area contributed by atoms with Crippen LogP contribution in [0.4, 0.5) is 5.69 Å². The first kappa shape index (κ1) is 14.1. The van der Waals surface area contributed by atoms with Crippen molar-refractivity contribution in [3.05, 3.63) is 12.4 Å². The van der Waals surface area contributed by atoms with Crippen molar-refractivity contribution in [1.82, 2.24) is 14.7 Å². The van der Waals surface area contributed by atoms with Crippen LogP contribution < -0.4 is 10.6 Å². The third-order valence-corrected chi connectivity index (χ3v) is 4.42. The summed E-state index contributed by atoms with van der Waals surface area (Å²) in [5.74, 6) is -0.129. The van der Waals surface area contributed by atoms with E-state index in [2.05, 4.69) is 5.10 Å². The monoisotopic (exact) mass is 291 g/mol. The van der Waals surface area contributed by atoms with Crippen LogP contribution >= 0.6 is 0 Å². The summed E-state index contributed by atoms with van der Waals surface area (Å²) in [6.07, 6.45) is 6.22. The van der Waals surface area contributed by atoms with Gasteiger partial charge in [-0.25, -0.2) is 0 Å². The van der Waals surface area contributed by atoms with Gasteiger partial charge in [-0.15, -0.1) is 0 Å². The van der Waals surface area contributed by atoms with E-state index in [0.717, 1.165) is 24.9 Å². The molecule has 0 radical (unpaired) electrons. The lowest BCUT2D eigenvalue weighted by Gasteiger charge is -2.35. The number of anilines is 1. The third-order valence-electron chi connectivity index (χ3n) is 4.42. The molecule has 2 unspecified atom stereocenters. The van der Waals surface area contributed by atoms with Gasteiger partial charge in [0.2, 0.25) is 11.8 Å². The number of piperazine rings is 1. The summed E-state index contributed by atoms with van der Waals surface area (Å²) in [7, 11) is 1.81. The quantitative estimate of drug-likeness (QED) is 0.812. The van der Waals surface area contributed by atoms with Gasteiger partial charge >= 0.3 is 0 Å². The minimum atomic E-state index is -0.109. The number of hydrogen-bond donors (Lipinski definition) is 1. The highest BCUT2D eigenvalue weighted by molar-refractivity contribution is 5.98. The van der Waals surface area contributed by atoms with Crippen molar-refractivity contribution >= 4 is 17.5 Å². The smallest absolute Gasteiger partial charge is 0.246 e. The number of carbonyl (C=O) groups is 2. The molecule has 1 aromatic rings. The molecule has 2 amide bonds. The number of rotatable bonds is 2. The molecule has 21 heavy (non-hydrogen) atoms. The lowest BCUT2D eigenvalue weighted by Crippen LogP contribution is -2.54. The molecular weight excluding hydrogens is 270 g/mol. The molecule has 2 aliphatic rings. The minimum Gasteiger partial charge on any atom is -0.331 e. The summed E-state index contributed by atoms with van der Waals surface area (Å²) in [4.78, 5) is 28.1. The van der Waals surface area contributed by atoms with Crippen LogP contribution in [0.25, 0.3) is 0 Å². The Morgan fingerprint density at radius 3 is 2.76 bits per heavy atom. The van der Waals surface area contributed by atoms with Crippen LogP contribution in [0.3, 0.4) is 0 Å². The van der Waals surface area contributed by atoms with Gasteiger partial charge in [0.25, 0.3) is 0 Å². The van der Waals surface area contributed by atoms with Crippen molar-refractivity contribution in [3.63, 3.8) is 0 Å². The highest BCUT2D eigenvalue weighted by Crippen LogP contribution is 2.27. The number of amides is 2. The third kappa shape index (κ3) is 2.65. The molecule has 1 saturated carbocycles. The molecule has 1 aliphatic carbocycles. The van der Waals surface area contributed by atoms with E-state index in [-0.39, 0.29) is 30.3 Å². The lowest BCUT2D eigenvalue weighted by atomic mass is 10.0. The van der Waals surface area contributed by atoms with Gasteiger partial charge < -0.3 is 15.5 Å². The number of nitrogens with two attached hydrogens (primary N) is 1. The molecule has 1 saturated heterocycles. The average Bonchev–Trinajstić information content (AvgIpc) is 3.06. The molecule has 1 aliphatic heterocycles. The molecule has 114 valence electrons. The van der Waals surface area contributed by atoms with E-state index in [1.807, 2.05) is 13.2 Å². The standard InChI is InChI=1S/C14H21N5O2/c1-17-8-10(7-16-17)19-6-5-18(9-13(19)20)14(21)11-3-2-4-12(11)15/h7-8,11-12H,2-6,9,15H2,1H3. The Balaban J connectivity index is 1.65. The zero-order valence-corrected chi connectivity index (χ0v) is 12.2. The summed E-state index contributed by atoms with van der Waals surface area (Å²) in [6, 6.07) is -0.0519. The molecule has 2 fully saturated rings. The van der Waals surface area contributed by atoms with Crippen LogP contribution in [0.5, 0.6) is 0 Å². The van der Waals surface area contributed by atoms with Crippen molar-refractivity contribution in [2.45, 2.75) is 25.3 Å². The first-order chi connectivity index (χ1) is 10.1. The van der Waals surface area contributed by atoms with Gasteiger partial charge in [0, 0.05) is 32.4 Å². The zero-order chi connectivity index (χ0) is 15.0. The molecule has 7 heteroatoms. The SMILES string of the molecule is Cn1cc(N2CCN(C(=O)C3CCCC3N)CC2=O)cn1. The largest absolute Gasteiger partial charge is 0.331 e. The fraction of sp³-hybridized carbons (Fsp3) is 0.643. The fourth-order valence-corrected chi connectivity index (χ4v) is 3.21. The van der Waals surface area contributed by atoms with E-state index in [4.69, 9.17) is 5.73 Å². The topological polar surface area (TPSA) is 84.5 Å². The van der Waals surface area contributed by atoms with Gasteiger partial charge in [0.05, 0.1) is 17.8 Å². The molecule has 7 nitrogen and oxygen atoms in total. The van der Waals surface area contributed by atoms with Gasteiger partial charge in [-0.05, 0) is 12.8 Å². The van der Waals surface area contributed by atoms with Gasteiger partial charge in [0.15, 0.2) is 0 Å². The van der Waals surface area contributed by atoms with Crippen molar-refractivity contribution in [1.29, 1.82) is 0 Å². The van der Waals surface area contributed by atoms with Crippen molar-refractivity contribution < 1.29 is 9.59 Å². The predicted molar refractivity (Wildman–Crippen MR) is 77.5 cm³/mol. The molecule has 0 aromatic carbocycles. The summed E-state index contributed by atoms with van der Waals surface area (Å²) in [5, 5.41) is 4.08. The zero-order valence-electron chi connectivity index (χ0n) is 12.2. The Bertz CT molecular complexity index is 555. The molecule has 2 atom stereocenters. The molecule has 0 bridgehead atoms. The van der Waals surface area contributed by atoms with Gasteiger partial charge in [-0.2, -0.15) is 5.10 Å². The van der Waals surface area contributed by atoms with E-state index in [1.54, 1.807) is 20.7 Å². The van der Waals surface area contributed by atoms with E-state index < -0.39 is 0 Å². The van der Waals surface area contributed by atoms with Gasteiger partial charge in [0.1, 0.15) is 6.54 Å². The number of nitrogens with zero attached hydrogens (tertiary/aromatic N) is 4. The van der Waals surface area contributed by atoms with Crippen molar-refractivity contribution in [2.75, 3.05) is 24.5 Å². The predicted octanol–water partition coefficient (Wildman–Crippen LogP) is -0.277. The molecule has 1 aromatic heterocycles. The van der Waals surface area contributed by atoms with Crippen LogP contribution in [0.1, 0.15) is 19.3 Å². The van der Waals surface area contributed by atoms with Crippen molar-refractivity contribution in [2.24, 2.45) is 18.7 Å². The Kier molecular flexibility index (Phi) is 3.67. The van der Waals surface area contributed by atoms with E-state index in [9.17, 15) is 9.59 Å². The second kappa shape index (κ2) is 5.48. The van der Waals surface area contributed by atoms with Crippen LogP contribution in [-0.2, 0) is 16.6 Å². The van der Waals surface area contributed by atoms with E-state index in [1.165, 1.54) is 0 Å². The number of aromatic nitrogens is 2. The van der Waals surface area contributed by atoms with Gasteiger partial charge in [-0.3, -0.25) is 14.3 Å². The number of carbonyl (C=O) groups excluding carboxylic acids is 2. The summed E-state index contributed by atoms with van der Waals surface area (Å²) >= 11 is 0. The van der Waals surface area contributed by atoms with Crippen LogP contribution in [0.15, 0.2) is 12.4 Å². The first-order valence-electron chi connectivity index (χ1n) is 7.39. The molecule has 2 N–H and O–H groups in total. The van der Waals surface area contributed by atoms with Crippen molar-refractivity contribution in [3.8, 4) is 0 Å². The summed E-state index contributed by atoms with van der Waals surface area (Å²) in [5.41, 5.74) is 6.77. The Morgan fingerprint density at radius 1 is 1.38 bits per heavy atom. The molecular formula is C14H21N5O2. The summed E-state index contributed by atoms with van der Waals surface area (Å²) < 4.78 is 1.66. The molecule has 0 spiro atoms. The Morgan fingerprint density at radius 2 is 2.19 bits per heavy atom. The van der Waals surface area contributed by atoms with Crippen LogP contribution in [0, 0.1) is 5.92 Å². The lowest BCUT2D eigenvalue weighted by molar-refractivity contribution is -0.140. The Labute approximate surface area is 123 Å². The highest BCUT2D eigenvalue weighted by atomic mass is 16.2. The molecule has 3 rings (SSSR count). The maximum Gasteiger partial charge on any atom is 0.246 e.